The third kappa shape index (κ3) is 5.65. The van der Waals surface area contributed by atoms with Gasteiger partial charge in [-0.25, -0.2) is 4.98 Å². The average Bonchev–Trinajstić information content (AvgIpc) is 3.74. The SMILES string of the molecule is C=C(C1CCN(CC(=N)C2CCN(c3nccs3)CC2)C1)C(O)Nc1ccc2[nH]nc(-c3ccnc(C)c3)c2c1. The van der Waals surface area contributed by atoms with Crippen LogP contribution >= 0.6 is 11.3 Å². The fourth-order valence-corrected chi connectivity index (χ4v) is 6.63. The third-order valence-corrected chi connectivity index (χ3v) is 9.09. The lowest BCUT2D eigenvalue weighted by Gasteiger charge is -2.33. The molecular weight excluding hydrogens is 520 g/mol. The molecule has 4 aromatic rings. The van der Waals surface area contributed by atoms with Gasteiger partial charge in [-0.3, -0.25) is 15.0 Å². The summed E-state index contributed by atoms with van der Waals surface area (Å²) in [6, 6.07) is 9.91. The number of aryl methyl sites for hydroxylation is 1. The van der Waals surface area contributed by atoms with Crippen molar-refractivity contribution in [3.05, 3.63) is 66.0 Å². The van der Waals surface area contributed by atoms with Crippen molar-refractivity contribution < 1.29 is 5.11 Å². The second kappa shape index (κ2) is 11.5. The van der Waals surface area contributed by atoms with Crippen LogP contribution in [0.4, 0.5) is 10.8 Å². The lowest BCUT2D eigenvalue weighted by molar-refractivity contribution is 0.224. The van der Waals surface area contributed by atoms with E-state index in [1.807, 2.05) is 48.8 Å². The van der Waals surface area contributed by atoms with Gasteiger partial charge in [-0.1, -0.05) is 6.58 Å². The molecular formula is C30H36N8OS. The number of nitrogens with zero attached hydrogens (tertiary/aromatic N) is 5. The average molecular weight is 557 g/mol. The summed E-state index contributed by atoms with van der Waals surface area (Å²) in [7, 11) is 0. The second-order valence-corrected chi connectivity index (χ2v) is 11.8. The molecule has 5 heterocycles. The van der Waals surface area contributed by atoms with E-state index in [-0.39, 0.29) is 5.92 Å². The van der Waals surface area contributed by atoms with E-state index in [4.69, 9.17) is 5.41 Å². The summed E-state index contributed by atoms with van der Waals surface area (Å²) in [4.78, 5) is 13.4. The predicted octanol–water partition coefficient (Wildman–Crippen LogP) is 4.93. The van der Waals surface area contributed by atoms with E-state index >= 15 is 0 Å². The van der Waals surface area contributed by atoms with Gasteiger partial charge in [0.25, 0.3) is 0 Å². The number of benzene rings is 1. The Bertz CT molecular complexity index is 1490. The Labute approximate surface area is 238 Å². The van der Waals surface area contributed by atoms with E-state index in [0.717, 1.165) is 95.4 Å². The minimum absolute atomic E-state index is 0.190. The van der Waals surface area contributed by atoms with E-state index in [9.17, 15) is 5.11 Å². The number of anilines is 2. The molecule has 208 valence electrons. The summed E-state index contributed by atoms with van der Waals surface area (Å²) in [6.45, 7) is 10.6. The van der Waals surface area contributed by atoms with Gasteiger partial charge in [0, 0.05) is 77.9 Å². The van der Waals surface area contributed by atoms with Gasteiger partial charge < -0.3 is 20.7 Å². The summed E-state index contributed by atoms with van der Waals surface area (Å²) >= 11 is 1.68. The molecule has 9 nitrogen and oxygen atoms in total. The van der Waals surface area contributed by atoms with Crippen LogP contribution in [0.25, 0.3) is 22.2 Å². The molecule has 0 amide bonds. The first-order valence-corrected chi connectivity index (χ1v) is 14.8. The fourth-order valence-electron chi connectivity index (χ4n) is 5.93. The summed E-state index contributed by atoms with van der Waals surface area (Å²) in [5, 5.41) is 34.8. The van der Waals surface area contributed by atoms with Crippen LogP contribution in [0.5, 0.6) is 0 Å². The zero-order valence-corrected chi connectivity index (χ0v) is 23.6. The van der Waals surface area contributed by atoms with Crippen molar-refractivity contribution in [2.24, 2.45) is 11.8 Å². The van der Waals surface area contributed by atoms with E-state index in [1.165, 1.54) is 0 Å². The summed E-state index contributed by atoms with van der Waals surface area (Å²) in [5.74, 6) is 0.527. The first-order valence-electron chi connectivity index (χ1n) is 13.9. The van der Waals surface area contributed by atoms with Crippen molar-refractivity contribution >= 4 is 38.8 Å². The minimum Gasteiger partial charge on any atom is -0.370 e. The van der Waals surface area contributed by atoms with Crippen LogP contribution in [0.2, 0.25) is 0 Å². The van der Waals surface area contributed by atoms with Crippen LogP contribution in [-0.2, 0) is 0 Å². The van der Waals surface area contributed by atoms with Crippen LogP contribution in [0.3, 0.4) is 0 Å². The van der Waals surface area contributed by atoms with Crippen LogP contribution in [-0.4, -0.2) is 74.8 Å². The highest BCUT2D eigenvalue weighted by molar-refractivity contribution is 7.13. The maximum Gasteiger partial charge on any atom is 0.185 e. The van der Waals surface area contributed by atoms with Crippen molar-refractivity contribution in [3.63, 3.8) is 0 Å². The molecule has 10 heteroatoms. The lowest BCUT2D eigenvalue weighted by atomic mass is 9.92. The zero-order chi connectivity index (χ0) is 27.6. The number of aromatic amines is 1. The highest BCUT2D eigenvalue weighted by Crippen LogP contribution is 2.31. The lowest BCUT2D eigenvalue weighted by Crippen LogP contribution is -2.39. The number of thiazole rings is 1. The summed E-state index contributed by atoms with van der Waals surface area (Å²) in [6.07, 6.45) is 5.76. The molecule has 0 spiro atoms. The zero-order valence-electron chi connectivity index (χ0n) is 22.8. The van der Waals surface area contributed by atoms with Gasteiger partial charge in [0.1, 0.15) is 11.9 Å². The van der Waals surface area contributed by atoms with Gasteiger partial charge in [0.2, 0.25) is 0 Å². The molecule has 2 fully saturated rings. The molecule has 2 atom stereocenters. The number of H-pyrrole nitrogens is 1. The number of fused-ring (bicyclic) bond motifs is 1. The molecule has 0 aliphatic carbocycles. The summed E-state index contributed by atoms with van der Waals surface area (Å²) < 4.78 is 0. The topological polar surface area (TPSA) is 117 Å². The molecule has 40 heavy (non-hydrogen) atoms. The number of likely N-dealkylation sites (tertiary alicyclic amines) is 1. The smallest absolute Gasteiger partial charge is 0.185 e. The first-order chi connectivity index (χ1) is 19.4. The molecule has 0 bridgehead atoms. The monoisotopic (exact) mass is 556 g/mol. The van der Waals surface area contributed by atoms with Crippen LogP contribution < -0.4 is 10.2 Å². The largest absolute Gasteiger partial charge is 0.370 e. The highest BCUT2D eigenvalue weighted by Gasteiger charge is 2.30. The van der Waals surface area contributed by atoms with E-state index in [2.05, 4.69) is 41.9 Å². The Morgan fingerprint density at radius 3 is 2.75 bits per heavy atom. The number of aliphatic hydroxyl groups excluding tert-OH is 1. The highest BCUT2D eigenvalue weighted by atomic mass is 32.1. The number of aliphatic hydroxyl groups is 1. The van der Waals surface area contributed by atoms with Gasteiger partial charge >= 0.3 is 0 Å². The van der Waals surface area contributed by atoms with E-state index < -0.39 is 6.23 Å². The molecule has 2 aliphatic rings. The fraction of sp³-hybridized carbons (Fsp3) is 0.400. The van der Waals surface area contributed by atoms with Crippen molar-refractivity contribution in [3.8, 4) is 11.3 Å². The van der Waals surface area contributed by atoms with Gasteiger partial charge in [-0.15, -0.1) is 11.3 Å². The van der Waals surface area contributed by atoms with E-state index in [1.54, 1.807) is 17.5 Å². The number of aromatic nitrogens is 4. The number of hydrogen-bond acceptors (Lipinski definition) is 9. The number of hydrogen-bond donors (Lipinski definition) is 4. The van der Waals surface area contributed by atoms with Gasteiger partial charge in [-0.05, 0) is 74.6 Å². The van der Waals surface area contributed by atoms with Crippen LogP contribution in [0, 0.1) is 24.2 Å². The second-order valence-electron chi connectivity index (χ2n) is 11.0. The Morgan fingerprint density at radius 2 is 1.98 bits per heavy atom. The molecule has 4 N–H and O–H groups in total. The van der Waals surface area contributed by atoms with Crippen LogP contribution in [0.15, 0.2) is 60.3 Å². The Morgan fingerprint density at radius 1 is 1.15 bits per heavy atom. The normalized spacial score (nSPS) is 19.2. The number of rotatable bonds is 9. The van der Waals surface area contributed by atoms with Crippen LogP contribution in [0.1, 0.15) is 25.0 Å². The maximum atomic E-state index is 11.0. The molecule has 1 aromatic carbocycles. The number of piperidine rings is 1. The quantitative estimate of drug-likeness (QED) is 0.131. The predicted molar refractivity (Wildman–Crippen MR) is 162 cm³/mol. The third-order valence-electron chi connectivity index (χ3n) is 8.26. The van der Waals surface area contributed by atoms with E-state index in [0.29, 0.717) is 12.5 Å². The Hall–Kier alpha value is -3.60. The van der Waals surface area contributed by atoms with Gasteiger partial charge in [0.05, 0.1) is 5.52 Å². The van der Waals surface area contributed by atoms with Gasteiger partial charge in [0.15, 0.2) is 5.13 Å². The molecule has 2 aliphatic heterocycles. The number of pyridine rings is 1. The van der Waals surface area contributed by atoms with Crippen molar-refractivity contribution in [1.29, 1.82) is 5.41 Å². The molecule has 0 radical (unpaired) electrons. The standard InChI is InChI=1S/C30H36N8OS/c1-19-15-22(5-9-32-19)28-25-16-24(3-4-27(25)35-36-28)34-29(39)20(2)23-6-11-37(17-23)18-26(31)21-7-12-38(13-8-21)30-33-10-14-40-30/h3-5,9-10,14-16,21,23,29,31,34,39H,2,6-8,11-13,17-18H2,1H3,(H,35,36). The summed E-state index contributed by atoms with van der Waals surface area (Å²) in [5.41, 5.74) is 6.18. The Balaban J connectivity index is 1.02. The number of nitrogens with one attached hydrogen (secondary N) is 3. The maximum absolute atomic E-state index is 11.0. The van der Waals surface area contributed by atoms with Crippen molar-refractivity contribution in [2.45, 2.75) is 32.4 Å². The minimum atomic E-state index is -0.851. The molecule has 2 unspecified atom stereocenters. The first kappa shape index (κ1) is 26.6. The Kier molecular flexibility index (Phi) is 7.64. The van der Waals surface area contributed by atoms with Gasteiger partial charge in [-0.2, -0.15) is 5.10 Å². The molecule has 0 saturated carbocycles. The van der Waals surface area contributed by atoms with Crippen molar-refractivity contribution in [1.82, 2.24) is 25.1 Å². The molecule has 2 saturated heterocycles. The molecule has 3 aromatic heterocycles. The van der Waals surface area contributed by atoms with Crippen molar-refractivity contribution in [2.75, 3.05) is 42.9 Å². The molecule has 6 rings (SSSR count).